The van der Waals surface area contributed by atoms with Gasteiger partial charge in [-0.15, -0.1) is 0 Å². The van der Waals surface area contributed by atoms with E-state index >= 15 is 0 Å². The zero-order chi connectivity index (χ0) is 18.0. The molecule has 0 unspecified atom stereocenters. The van der Waals surface area contributed by atoms with Crippen molar-refractivity contribution >= 4 is 80.6 Å². The summed E-state index contributed by atoms with van der Waals surface area (Å²) in [5.41, 5.74) is 1.80. The molecule has 24 heavy (non-hydrogen) atoms. The lowest BCUT2D eigenvalue weighted by Gasteiger charge is -2.15. The highest BCUT2D eigenvalue weighted by Crippen LogP contribution is 2.42. The number of hydrogen-bond acceptors (Lipinski definition) is 2. The Balaban J connectivity index is 2.12. The van der Waals surface area contributed by atoms with E-state index in [1.54, 1.807) is 26.0 Å². The maximum absolute atomic E-state index is 12.1. The number of rotatable bonds is 4. The molecule has 0 fully saturated rings. The van der Waals surface area contributed by atoms with Crippen LogP contribution in [0.25, 0.3) is 0 Å². The Morgan fingerprint density at radius 1 is 1.08 bits per heavy atom. The van der Waals surface area contributed by atoms with Gasteiger partial charge >= 0.3 is 0 Å². The smallest absolute Gasteiger partial charge is 0.262 e. The van der Waals surface area contributed by atoms with Gasteiger partial charge in [-0.1, -0.05) is 46.4 Å². The van der Waals surface area contributed by atoms with Gasteiger partial charge in [0.2, 0.25) is 0 Å². The average Bonchev–Trinajstić information content (AvgIpc) is 2.53. The first kappa shape index (κ1) is 19.9. The Hall–Kier alpha value is -0.400. The van der Waals surface area contributed by atoms with Gasteiger partial charge in [0.1, 0.15) is 0 Å². The fraction of sp³-hybridized carbons (Fsp3) is 0.188. The molecule has 3 nitrogen and oxygen atoms in total. The van der Waals surface area contributed by atoms with E-state index in [4.69, 9.17) is 51.1 Å². The molecule has 0 saturated carbocycles. The van der Waals surface area contributed by atoms with Crippen molar-refractivity contribution in [2.75, 3.05) is 11.9 Å². The van der Waals surface area contributed by atoms with Gasteiger partial charge in [-0.3, -0.25) is 4.79 Å². The molecule has 2 aromatic carbocycles. The lowest BCUT2D eigenvalue weighted by Crippen LogP contribution is -2.20. The number of nitrogens with one attached hydrogen (secondary N) is 1. The molecule has 0 radical (unpaired) electrons. The van der Waals surface area contributed by atoms with E-state index < -0.39 is 0 Å². The van der Waals surface area contributed by atoms with Crippen molar-refractivity contribution in [2.24, 2.45) is 0 Å². The Labute approximate surface area is 173 Å². The third kappa shape index (κ3) is 4.41. The van der Waals surface area contributed by atoms with Crippen LogP contribution in [0.5, 0.6) is 5.75 Å². The highest BCUT2D eigenvalue weighted by molar-refractivity contribution is 14.1. The van der Waals surface area contributed by atoms with E-state index in [2.05, 4.69) is 27.9 Å². The standard InChI is InChI=1S/C16H12Cl4INO2/c1-7-13(18)8(2)15(20)16(14(7)19)24-6-12(23)22-11-4-3-9(21)5-10(11)17/h3-5H,6H2,1-2H3,(H,22,23). The van der Waals surface area contributed by atoms with Crippen LogP contribution in [0.1, 0.15) is 11.1 Å². The highest BCUT2D eigenvalue weighted by Gasteiger charge is 2.18. The van der Waals surface area contributed by atoms with Crippen LogP contribution in [0.2, 0.25) is 20.1 Å². The summed E-state index contributed by atoms with van der Waals surface area (Å²) >= 11 is 26.8. The van der Waals surface area contributed by atoms with Crippen molar-refractivity contribution in [1.29, 1.82) is 0 Å². The van der Waals surface area contributed by atoms with Crippen LogP contribution in [0.3, 0.4) is 0 Å². The molecular formula is C16H12Cl4INO2. The third-order valence-electron chi connectivity index (χ3n) is 3.27. The fourth-order valence-electron chi connectivity index (χ4n) is 1.95. The Morgan fingerprint density at radius 3 is 2.21 bits per heavy atom. The van der Waals surface area contributed by atoms with Gasteiger partial charge in [0.15, 0.2) is 12.4 Å². The lowest BCUT2D eigenvalue weighted by molar-refractivity contribution is -0.118. The maximum Gasteiger partial charge on any atom is 0.262 e. The van der Waals surface area contributed by atoms with E-state index in [-0.39, 0.29) is 28.3 Å². The Bertz CT molecular complexity index is 782. The summed E-state index contributed by atoms with van der Waals surface area (Å²) in [6, 6.07) is 5.30. The molecule has 8 heteroatoms. The number of carbonyl (C=O) groups excluding carboxylic acids is 1. The van der Waals surface area contributed by atoms with E-state index in [9.17, 15) is 4.79 Å². The molecule has 1 amide bonds. The van der Waals surface area contributed by atoms with Crippen LogP contribution >= 0.6 is 69.0 Å². The van der Waals surface area contributed by atoms with Crippen LogP contribution in [-0.2, 0) is 4.79 Å². The van der Waals surface area contributed by atoms with Crippen LogP contribution in [-0.4, -0.2) is 12.5 Å². The van der Waals surface area contributed by atoms with Gasteiger partial charge in [-0.25, -0.2) is 0 Å². The second kappa shape index (κ2) is 8.32. The number of carbonyl (C=O) groups is 1. The zero-order valence-electron chi connectivity index (χ0n) is 12.6. The highest BCUT2D eigenvalue weighted by atomic mass is 127. The van der Waals surface area contributed by atoms with E-state index in [1.165, 1.54) is 0 Å². The number of ether oxygens (including phenoxy) is 1. The van der Waals surface area contributed by atoms with Crippen LogP contribution in [0.4, 0.5) is 5.69 Å². The molecular weight excluding hydrogens is 507 g/mol. The summed E-state index contributed by atoms with van der Waals surface area (Å²) in [5.74, 6) is -0.142. The molecule has 0 bridgehead atoms. The largest absolute Gasteiger partial charge is 0.481 e. The monoisotopic (exact) mass is 517 g/mol. The number of hydrogen-bond donors (Lipinski definition) is 1. The zero-order valence-corrected chi connectivity index (χ0v) is 17.8. The van der Waals surface area contributed by atoms with E-state index in [1.807, 2.05) is 6.07 Å². The Kier molecular flexibility index (Phi) is 6.90. The van der Waals surface area contributed by atoms with Crippen molar-refractivity contribution in [1.82, 2.24) is 0 Å². The van der Waals surface area contributed by atoms with Crippen molar-refractivity contribution in [3.63, 3.8) is 0 Å². The first-order chi connectivity index (χ1) is 11.2. The number of halogens is 5. The molecule has 0 aliphatic carbocycles. The summed E-state index contributed by atoms with van der Waals surface area (Å²) in [5, 5.41) is 4.18. The number of amides is 1. The van der Waals surface area contributed by atoms with Crippen LogP contribution in [0, 0.1) is 17.4 Å². The number of anilines is 1. The van der Waals surface area contributed by atoms with Crippen molar-refractivity contribution < 1.29 is 9.53 Å². The maximum atomic E-state index is 12.1. The summed E-state index contributed by atoms with van der Waals surface area (Å²) in [4.78, 5) is 12.1. The van der Waals surface area contributed by atoms with Gasteiger partial charge in [0.05, 0.1) is 20.8 Å². The summed E-state index contributed by atoms with van der Waals surface area (Å²) < 4.78 is 6.47. The molecule has 0 heterocycles. The predicted molar refractivity (Wildman–Crippen MR) is 109 cm³/mol. The molecule has 0 aliphatic rings. The second-order valence-corrected chi connectivity index (χ2v) is 7.77. The topological polar surface area (TPSA) is 38.3 Å². The van der Waals surface area contributed by atoms with Crippen molar-refractivity contribution in [3.05, 3.63) is 53.0 Å². The molecule has 0 saturated heterocycles. The first-order valence-electron chi connectivity index (χ1n) is 6.73. The average molecular weight is 519 g/mol. The van der Waals surface area contributed by atoms with Crippen molar-refractivity contribution in [3.8, 4) is 5.75 Å². The lowest BCUT2D eigenvalue weighted by atomic mass is 10.1. The van der Waals surface area contributed by atoms with Gasteiger partial charge in [0, 0.05) is 8.59 Å². The number of benzene rings is 2. The van der Waals surface area contributed by atoms with Crippen LogP contribution < -0.4 is 10.1 Å². The van der Waals surface area contributed by atoms with Gasteiger partial charge in [0.25, 0.3) is 5.91 Å². The molecule has 0 spiro atoms. The minimum atomic E-state index is -0.379. The first-order valence-corrected chi connectivity index (χ1v) is 9.32. The van der Waals surface area contributed by atoms with E-state index in [0.717, 1.165) is 3.57 Å². The molecule has 0 atom stereocenters. The molecule has 0 aromatic heterocycles. The fourth-order valence-corrected chi connectivity index (χ4v) is 3.68. The minimum absolute atomic E-state index is 0.238. The second-order valence-electron chi connectivity index (χ2n) is 4.98. The van der Waals surface area contributed by atoms with Crippen LogP contribution in [0.15, 0.2) is 18.2 Å². The van der Waals surface area contributed by atoms with Gasteiger partial charge < -0.3 is 10.1 Å². The molecule has 1 N–H and O–H groups in total. The van der Waals surface area contributed by atoms with E-state index in [0.29, 0.717) is 26.9 Å². The molecule has 2 aromatic rings. The normalized spacial score (nSPS) is 10.6. The summed E-state index contributed by atoms with van der Waals surface area (Å²) in [6.45, 7) is 3.25. The molecule has 0 aliphatic heterocycles. The molecule has 128 valence electrons. The third-order valence-corrected chi connectivity index (χ3v) is 5.73. The minimum Gasteiger partial charge on any atom is -0.481 e. The van der Waals surface area contributed by atoms with Gasteiger partial charge in [-0.2, -0.15) is 0 Å². The quantitative estimate of drug-likeness (QED) is 0.467. The van der Waals surface area contributed by atoms with Crippen molar-refractivity contribution in [2.45, 2.75) is 13.8 Å². The Morgan fingerprint density at radius 2 is 1.67 bits per heavy atom. The predicted octanol–water partition coefficient (Wildman–Crippen LogP) is 6.54. The van der Waals surface area contributed by atoms with Gasteiger partial charge in [-0.05, 0) is 65.8 Å². The summed E-state index contributed by atoms with van der Waals surface area (Å²) in [7, 11) is 0. The molecule has 2 rings (SSSR count). The summed E-state index contributed by atoms with van der Waals surface area (Å²) in [6.07, 6.45) is 0. The SMILES string of the molecule is Cc1c(Cl)c(C)c(Cl)c(OCC(=O)Nc2ccc(I)cc2Cl)c1Cl.